The van der Waals surface area contributed by atoms with E-state index in [4.69, 9.17) is 4.74 Å². The minimum Gasteiger partial charge on any atom is -0.497 e. The second-order valence-electron chi connectivity index (χ2n) is 4.22. The molecule has 0 heterocycles. The van der Waals surface area contributed by atoms with E-state index in [1.165, 1.54) is 0 Å². The van der Waals surface area contributed by atoms with Crippen LogP contribution in [0.1, 0.15) is 20.8 Å². The van der Waals surface area contributed by atoms with Crippen molar-refractivity contribution in [2.45, 2.75) is 25.5 Å². The highest BCUT2D eigenvalue weighted by Gasteiger charge is 2.19. The van der Waals surface area contributed by atoms with Crippen molar-refractivity contribution in [3.63, 3.8) is 0 Å². The van der Waals surface area contributed by atoms with Crippen LogP contribution >= 0.6 is 0 Å². The Labute approximate surface area is 93.4 Å². The van der Waals surface area contributed by atoms with Gasteiger partial charge in [-0.2, -0.15) is 0 Å². The number of ether oxygens (including phenoxy) is 1. The molecule has 0 fully saturated rings. The lowest BCUT2D eigenvalue weighted by Crippen LogP contribution is -2.27. The van der Waals surface area contributed by atoms with Gasteiger partial charge in [-0.25, -0.2) is 4.21 Å². The fourth-order valence-electron chi connectivity index (χ4n) is 0.947. The molecule has 0 spiro atoms. The number of rotatable bonds is 3. The van der Waals surface area contributed by atoms with Gasteiger partial charge in [0, 0.05) is 11.8 Å². The quantitative estimate of drug-likeness (QED) is 0.862. The molecule has 1 unspecified atom stereocenters. The fraction of sp³-hybridized carbons (Fsp3) is 0.455. The molecule has 4 heteroatoms. The van der Waals surface area contributed by atoms with Gasteiger partial charge < -0.3 is 9.46 Å². The zero-order valence-electron chi connectivity index (χ0n) is 9.53. The lowest BCUT2D eigenvalue weighted by atomic mass is 10.3. The summed E-state index contributed by atoms with van der Waals surface area (Å²) < 4.78 is 19.5. The Kier molecular flexibility index (Phi) is 3.74. The van der Waals surface area contributed by atoms with E-state index in [1.807, 2.05) is 45.0 Å². The van der Waals surface area contributed by atoms with Crippen LogP contribution in [0.2, 0.25) is 0 Å². The molecule has 15 heavy (non-hydrogen) atoms. The van der Waals surface area contributed by atoms with Crippen LogP contribution in [0, 0.1) is 0 Å². The van der Waals surface area contributed by atoms with Crippen molar-refractivity contribution in [2.75, 3.05) is 11.8 Å². The zero-order chi connectivity index (χ0) is 11.5. The molecule has 0 amide bonds. The van der Waals surface area contributed by atoms with Crippen LogP contribution in [0.3, 0.4) is 0 Å². The highest BCUT2D eigenvalue weighted by atomic mass is 32.2. The summed E-state index contributed by atoms with van der Waals surface area (Å²) in [6.07, 6.45) is 0. The van der Waals surface area contributed by atoms with E-state index in [1.54, 1.807) is 7.11 Å². The first kappa shape index (κ1) is 12.0. The molecule has 84 valence electrons. The Hall–Kier alpha value is -1.03. The third-order valence-electron chi connectivity index (χ3n) is 1.84. The molecule has 0 aliphatic heterocycles. The average molecular weight is 227 g/mol. The molecule has 3 nitrogen and oxygen atoms in total. The summed E-state index contributed by atoms with van der Waals surface area (Å²) in [5.41, 5.74) is 0.808. The fourth-order valence-corrected chi connectivity index (χ4v) is 1.59. The molecule has 1 aromatic rings. The zero-order valence-corrected chi connectivity index (χ0v) is 10.4. The van der Waals surface area contributed by atoms with Gasteiger partial charge in [-0.1, -0.05) is 6.07 Å². The molecule has 0 saturated carbocycles. The Morgan fingerprint density at radius 1 is 1.33 bits per heavy atom. The molecule has 1 aromatic carbocycles. The van der Waals surface area contributed by atoms with E-state index < -0.39 is 11.0 Å². The van der Waals surface area contributed by atoms with Gasteiger partial charge in [0.2, 0.25) is 0 Å². The van der Waals surface area contributed by atoms with Crippen LogP contribution in [0.25, 0.3) is 0 Å². The maximum absolute atomic E-state index is 11.8. The van der Waals surface area contributed by atoms with E-state index in [-0.39, 0.29) is 4.75 Å². The number of nitrogens with one attached hydrogen (secondary N) is 1. The summed E-state index contributed by atoms with van der Waals surface area (Å²) >= 11 is 0. The van der Waals surface area contributed by atoms with Crippen LogP contribution in [0.15, 0.2) is 24.3 Å². The molecule has 1 rings (SSSR count). The van der Waals surface area contributed by atoms with Gasteiger partial charge in [0.15, 0.2) is 0 Å². The lowest BCUT2D eigenvalue weighted by molar-refractivity contribution is 0.415. The van der Waals surface area contributed by atoms with Gasteiger partial charge in [0.05, 0.1) is 11.9 Å². The van der Waals surface area contributed by atoms with E-state index in [9.17, 15) is 4.21 Å². The molecule has 0 saturated heterocycles. The molecule has 0 bridgehead atoms. The first-order valence-corrected chi connectivity index (χ1v) is 5.91. The highest BCUT2D eigenvalue weighted by molar-refractivity contribution is 7.87. The first-order chi connectivity index (χ1) is 6.93. The average Bonchev–Trinajstić information content (AvgIpc) is 2.16. The second kappa shape index (κ2) is 4.66. The molecular formula is C11H17NO2S. The molecule has 0 aliphatic rings. The lowest BCUT2D eigenvalue weighted by Gasteiger charge is -2.18. The van der Waals surface area contributed by atoms with Gasteiger partial charge >= 0.3 is 0 Å². The number of benzene rings is 1. The van der Waals surface area contributed by atoms with Crippen molar-refractivity contribution in [2.24, 2.45) is 0 Å². The summed E-state index contributed by atoms with van der Waals surface area (Å²) in [6.45, 7) is 5.78. The third-order valence-corrected chi connectivity index (χ3v) is 3.37. The Morgan fingerprint density at radius 2 is 2.00 bits per heavy atom. The van der Waals surface area contributed by atoms with Crippen LogP contribution in [-0.4, -0.2) is 16.1 Å². The molecule has 0 aliphatic carbocycles. The third kappa shape index (κ3) is 3.55. The smallest absolute Gasteiger partial charge is 0.122 e. The van der Waals surface area contributed by atoms with Crippen molar-refractivity contribution in [3.05, 3.63) is 24.3 Å². The standard InChI is InChI=1S/C11H17NO2S/c1-11(2,3)15(13)12-9-6-5-7-10(8-9)14-4/h5-8,12H,1-4H3. The van der Waals surface area contributed by atoms with Crippen molar-refractivity contribution in [1.82, 2.24) is 0 Å². The monoisotopic (exact) mass is 227 g/mol. The van der Waals surface area contributed by atoms with Crippen LogP contribution in [0.4, 0.5) is 5.69 Å². The molecule has 0 radical (unpaired) electrons. The van der Waals surface area contributed by atoms with E-state index in [2.05, 4.69) is 4.72 Å². The van der Waals surface area contributed by atoms with Crippen LogP contribution in [0.5, 0.6) is 5.75 Å². The highest BCUT2D eigenvalue weighted by Crippen LogP contribution is 2.20. The molecule has 1 atom stereocenters. The summed E-state index contributed by atoms with van der Waals surface area (Å²) in [6, 6.07) is 7.40. The minimum absolute atomic E-state index is 0.275. The summed E-state index contributed by atoms with van der Waals surface area (Å²) in [4.78, 5) is 0. The summed E-state index contributed by atoms with van der Waals surface area (Å²) in [5, 5.41) is 0. The number of methoxy groups -OCH3 is 1. The van der Waals surface area contributed by atoms with E-state index in [0.29, 0.717) is 0 Å². The Bertz CT molecular complexity index is 358. The minimum atomic E-state index is -1.10. The number of anilines is 1. The van der Waals surface area contributed by atoms with Crippen molar-refractivity contribution < 1.29 is 8.95 Å². The maximum atomic E-state index is 11.8. The van der Waals surface area contributed by atoms with Gasteiger partial charge in [-0.15, -0.1) is 0 Å². The number of hydrogen-bond donors (Lipinski definition) is 1. The molecule has 1 N–H and O–H groups in total. The normalized spacial score (nSPS) is 13.3. The van der Waals surface area contributed by atoms with Crippen molar-refractivity contribution in [3.8, 4) is 5.75 Å². The number of hydrogen-bond acceptors (Lipinski definition) is 2. The SMILES string of the molecule is COc1cccc(NS(=O)C(C)(C)C)c1. The topological polar surface area (TPSA) is 38.3 Å². The van der Waals surface area contributed by atoms with Gasteiger partial charge in [-0.3, -0.25) is 0 Å². The van der Waals surface area contributed by atoms with Gasteiger partial charge in [0.1, 0.15) is 16.7 Å². The van der Waals surface area contributed by atoms with Crippen molar-refractivity contribution in [1.29, 1.82) is 0 Å². The Morgan fingerprint density at radius 3 is 2.53 bits per heavy atom. The molecular weight excluding hydrogens is 210 g/mol. The van der Waals surface area contributed by atoms with Gasteiger partial charge in [0.25, 0.3) is 0 Å². The Balaban J connectivity index is 2.77. The van der Waals surface area contributed by atoms with E-state index in [0.717, 1.165) is 11.4 Å². The predicted molar refractivity (Wildman–Crippen MR) is 64.5 cm³/mol. The predicted octanol–water partition coefficient (Wildman–Crippen LogP) is 2.57. The second-order valence-corrected chi connectivity index (χ2v) is 6.18. The van der Waals surface area contributed by atoms with Crippen LogP contribution in [-0.2, 0) is 11.0 Å². The van der Waals surface area contributed by atoms with Crippen molar-refractivity contribution >= 4 is 16.7 Å². The summed E-state index contributed by atoms with van der Waals surface area (Å²) in [5.74, 6) is 0.755. The van der Waals surface area contributed by atoms with E-state index >= 15 is 0 Å². The van der Waals surface area contributed by atoms with Crippen LogP contribution < -0.4 is 9.46 Å². The first-order valence-electron chi connectivity index (χ1n) is 4.76. The largest absolute Gasteiger partial charge is 0.497 e. The maximum Gasteiger partial charge on any atom is 0.122 e. The summed E-state index contributed by atoms with van der Waals surface area (Å²) in [7, 11) is 0.507. The molecule has 0 aromatic heterocycles. The van der Waals surface area contributed by atoms with Gasteiger partial charge in [-0.05, 0) is 32.9 Å².